The van der Waals surface area contributed by atoms with Gasteiger partial charge in [-0.25, -0.2) is 9.97 Å². The number of aromatic nitrogens is 3. The zero-order valence-electron chi connectivity index (χ0n) is 15.7. The third-order valence-corrected chi connectivity index (χ3v) is 4.51. The standard InChI is InChI=1S/C19H21N5O4/c1-23(2)17-18(21-8-7-20-17)27-13-5-3-9-24(12-13)19(25)14-11-16(28-22-14)15-6-4-10-26-15/h4,6-8,10-11,13H,3,5,9,12H2,1-2H3. The van der Waals surface area contributed by atoms with Crippen molar-refractivity contribution in [1.29, 1.82) is 0 Å². The van der Waals surface area contributed by atoms with Crippen molar-refractivity contribution in [1.82, 2.24) is 20.0 Å². The first-order valence-electron chi connectivity index (χ1n) is 9.06. The van der Waals surface area contributed by atoms with Crippen molar-refractivity contribution in [3.63, 3.8) is 0 Å². The lowest BCUT2D eigenvalue weighted by Crippen LogP contribution is -2.44. The number of likely N-dealkylation sites (tertiary alicyclic amines) is 1. The minimum Gasteiger partial charge on any atom is -0.470 e. The van der Waals surface area contributed by atoms with Crippen molar-refractivity contribution in [2.75, 3.05) is 32.1 Å². The van der Waals surface area contributed by atoms with Gasteiger partial charge in [-0.3, -0.25) is 4.79 Å². The predicted octanol–water partition coefficient (Wildman–Crippen LogP) is 2.47. The molecule has 9 heteroatoms. The summed E-state index contributed by atoms with van der Waals surface area (Å²) in [6.45, 7) is 1.09. The molecule has 0 saturated carbocycles. The highest BCUT2D eigenvalue weighted by atomic mass is 16.5. The van der Waals surface area contributed by atoms with Gasteiger partial charge < -0.3 is 23.5 Å². The molecule has 1 amide bonds. The van der Waals surface area contributed by atoms with Crippen LogP contribution in [0.3, 0.4) is 0 Å². The fourth-order valence-corrected chi connectivity index (χ4v) is 3.16. The third kappa shape index (κ3) is 3.68. The number of nitrogens with zero attached hydrogens (tertiary/aromatic N) is 5. The number of carbonyl (C=O) groups excluding carboxylic acids is 1. The molecule has 0 N–H and O–H groups in total. The van der Waals surface area contributed by atoms with E-state index in [4.69, 9.17) is 13.7 Å². The molecule has 0 bridgehead atoms. The molecule has 0 aliphatic carbocycles. The first-order valence-corrected chi connectivity index (χ1v) is 9.06. The van der Waals surface area contributed by atoms with Crippen LogP contribution in [0.2, 0.25) is 0 Å². The maximum atomic E-state index is 12.8. The summed E-state index contributed by atoms with van der Waals surface area (Å²) in [6, 6.07) is 5.10. The Kier molecular flexibility index (Phi) is 4.96. The van der Waals surface area contributed by atoms with E-state index in [-0.39, 0.29) is 17.7 Å². The van der Waals surface area contributed by atoms with Crippen molar-refractivity contribution in [3.05, 3.63) is 42.5 Å². The van der Waals surface area contributed by atoms with Crippen LogP contribution in [0.15, 0.2) is 45.8 Å². The second-order valence-electron chi connectivity index (χ2n) is 6.77. The molecule has 1 fully saturated rings. The molecule has 0 spiro atoms. The van der Waals surface area contributed by atoms with Crippen LogP contribution in [0.4, 0.5) is 5.82 Å². The molecular weight excluding hydrogens is 362 g/mol. The van der Waals surface area contributed by atoms with Crippen LogP contribution in [0.25, 0.3) is 11.5 Å². The molecule has 1 aliphatic rings. The van der Waals surface area contributed by atoms with Gasteiger partial charge in [0.15, 0.2) is 17.3 Å². The van der Waals surface area contributed by atoms with Gasteiger partial charge in [0.05, 0.1) is 12.8 Å². The minimum absolute atomic E-state index is 0.162. The lowest BCUT2D eigenvalue weighted by Gasteiger charge is -2.32. The summed E-state index contributed by atoms with van der Waals surface area (Å²) in [7, 11) is 3.77. The largest absolute Gasteiger partial charge is 0.470 e. The van der Waals surface area contributed by atoms with Gasteiger partial charge in [0.2, 0.25) is 5.76 Å². The maximum absolute atomic E-state index is 12.8. The number of piperidine rings is 1. The summed E-state index contributed by atoms with van der Waals surface area (Å²) < 4.78 is 16.6. The second-order valence-corrected chi connectivity index (χ2v) is 6.77. The van der Waals surface area contributed by atoms with E-state index in [0.29, 0.717) is 36.3 Å². The first kappa shape index (κ1) is 18.0. The van der Waals surface area contributed by atoms with E-state index in [1.165, 1.54) is 0 Å². The SMILES string of the molecule is CN(C)c1nccnc1OC1CCCN(C(=O)c2cc(-c3ccco3)on2)C1. The second kappa shape index (κ2) is 7.71. The van der Waals surface area contributed by atoms with Crippen molar-refractivity contribution in [2.45, 2.75) is 18.9 Å². The van der Waals surface area contributed by atoms with Gasteiger partial charge in [0.1, 0.15) is 6.10 Å². The van der Waals surface area contributed by atoms with E-state index in [9.17, 15) is 4.79 Å². The molecular formula is C19H21N5O4. The molecule has 1 aliphatic heterocycles. The van der Waals surface area contributed by atoms with Crippen LogP contribution in [0.5, 0.6) is 5.88 Å². The zero-order valence-corrected chi connectivity index (χ0v) is 15.7. The van der Waals surface area contributed by atoms with E-state index in [1.807, 2.05) is 19.0 Å². The number of furan rings is 1. The summed E-state index contributed by atoms with van der Waals surface area (Å²) >= 11 is 0. The highest BCUT2D eigenvalue weighted by molar-refractivity contribution is 5.93. The fraction of sp³-hybridized carbons (Fsp3) is 0.368. The fourth-order valence-electron chi connectivity index (χ4n) is 3.16. The summed E-state index contributed by atoms with van der Waals surface area (Å²) in [5, 5.41) is 3.90. The summed E-state index contributed by atoms with van der Waals surface area (Å²) in [5.74, 6) is 1.89. The number of rotatable bonds is 5. The third-order valence-electron chi connectivity index (χ3n) is 4.51. The molecule has 1 atom stereocenters. The van der Waals surface area contributed by atoms with Gasteiger partial charge in [-0.05, 0) is 25.0 Å². The maximum Gasteiger partial charge on any atom is 0.276 e. The predicted molar refractivity (Wildman–Crippen MR) is 100 cm³/mol. The minimum atomic E-state index is -0.193. The van der Waals surface area contributed by atoms with E-state index >= 15 is 0 Å². The molecule has 28 heavy (non-hydrogen) atoms. The molecule has 9 nitrogen and oxygen atoms in total. The smallest absolute Gasteiger partial charge is 0.276 e. The number of ether oxygens (including phenoxy) is 1. The van der Waals surface area contributed by atoms with Crippen molar-refractivity contribution < 1.29 is 18.5 Å². The van der Waals surface area contributed by atoms with Crippen LogP contribution >= 0.6 is 0 Å². The molecule has 1 unspecified atom stereocenters. The van der Waals surface area contributed by atoms with Crippen LogP contribution in [0, 0.1) is 0 Å². The quantitative estimate of drug-likeness (QED) is 0.663. The summed E-state index contributed by atoms with van der Waals surface area (Å²) in [5.41, 5.74) is 0.250. The topological polar surface area (TPSA) is 97.7 Å². The van der Waals surface area contributed by atoms with Gasteiger partial charge in [-0.1, -0.05) is 5.16 Å². The Hall–Kier alpha value is -3.36. The normalized spacial score (nSPS) is 16.8. The number of carbonyl (C=O) groups is 1. The van der Waals surface area contributed by atoms with Gasteiger partial charge >= 0.3 is 0 Å². The highest BCUT2D eigenvalue weighted by Gasteiger charge is 2.29. The Morgan fingerprint density at radius 3 is 2.93 bits per heavy atom. The molecule has 1 saturated heterocycles. The average Bonchev–Trinajstić information content (AvgIpc) is 3.39. The number of anilines is 1. The van der Waals surface area contributed by atoms with Gasteiger partial charge in [0.25, 0.3) is 11.8 Å². The monoisotopic (exact) mass is 383 g/mol. The van der Waals surface area contributed by atoms with E-state index in [1.54, 1.807) is 41.8 Å². The lowest BCUT2D eigenvalue weighted by molar-refractivity contribution is 0.0519. The highest BCUT2D eigenvalue weighted by Crippen LogP contribution is 2.25. The van der Waals surface area contributed by atoms with E-state index in [0.717, 1.165) is 12.8 Å². The van der Waals surface area contributed by atoms with E-state index < -0.39 is 0 Å². The number of amides is 1. The van der Waals surface area contributed by atoms with Gasteiger partial charge in [-0.2, -0.15) is 0 Å². The molecule has 4 heterocycles. The van der Waals surface area contributed by atoms with Crippen LogP contribution in [0.1, 0.15) is 23.3 Å². The Bertz CT molecular complexity index is 937. The zero-order chi connectivity index (χ0) is 19.5. The molecule has 146 valence electrons. The Morgan fingerprint density at radius 1 is 1.29 bits per heavy atom. The number of hydrogen-bond acceptors (Lipinski definition) is 8. The summed E-state index contributed by atoms with van der Waals surface area (Å²) in [4.78, 5) is 25.0. The average molecular weight is 383 g/mol. The van der Waals surface area contributed by atoms with Crippen LogP contribution in [-0.2, 0) is 0 Å². The van der Waals surface area contributed by atoms with Crippen molar-refractivity contribution in [3.8, 4) is 17.4 Å². The molecule has 0 aromatic carbocycles. The molecule has 3 aromatic rings. The van der Waals surface area contributed by atoms with Crippen molar-refractivity contribution in [2.24, 2.45) is 0 Å². The number of hydrogen-bond donors (Lipinski definition) is 0. The molecule has 0 radical (unpaired) electrons. The summed E-state index contributed by atoms with van der Waals surface area (Å²) in [6.07, 6.45) is 6.27. The molecule has 3 aromatic heterocycles. The van der Waals surface area contributed by atoms with Gasteiger partial charge in [-0.15, -0.1) is 0 Å². The Morgan fingerprint density at radius 2 is 2.14 bits per heavy atom. The Balaban J connectivity index is 1.45. The van der Waals surface area contributed by atoms with Crippen LogP contribution < -0.4 is 9.64 Å². The van der Waals surface area contributed by atoms with E-state index in [2.05, 4.69) is 15.1 Å². The lowest BCUT2D eigenvalue weighted by atomic mass is 10.1. The van der Waals surface area contributed by atoms with Gasteiger partial charge in [0, 0.05) is 39.1 Å². The van der Waals surface area contributed by atoms with Crippen LogP contribution in [-0.4, -0.2) is 59.2 Å². The molecule has 4 rings (SSSR count). The Labute approximate surface area is 161 Å². The first-order chi connectivity index (χ1) is 13.6. The van der Waals surface area contributed by atoms with Crippen molar-refractivity contribution >= 4 is 11.7 Å².